The first-order valence-electron chi connectivity index (χ1n) is 7.45. The maximum Gasteiger partial charge on any atom is 0.393 e. The van der Waals surface area contributed by atoms with Gasteiger partial charge < -0.3 is 4.57 Å². The van der Waals surface area contributed by atoms with Crippen molar-refractivity contribution in [1.82, 2.24) is 24.5 Å². The topological polar surface area (TPSA) is 48.5 Å². The SMILES string of the molecule is Cc1cn(CCn2ccnc2-c2cccc(CC(F)(F)F)c2)nn1. The highest BCUT2D eigenvalue weighted by Crippen LogP contribution is 2.25. The van der Waals surface area contributed by atoms with Gasteiger partial charge in [0.2, 0.25) is 0 Å². The van der Waals surface area contributed by atoms with E-state index in [9.17, 15) is 13.2 Å². The van der Waals surface area contributed by atoms with Crippen LogP contribution in [0.15, 0.2) is 42.9 Å². The Morgan fingerprint density at radius 3 is 2.71 bits per heavy atom. The maximum absolute atomic E-state index is 12.6. The molecular weight excluding hydrogens is 319 g/mol. The Kier molecular flexibility index (Phi) is 4.37. The zero-order valence-electron chi connectivity index (χ0n) is 13.0. The number of rotatable bonds is 5. The second kappa shape index (κ2) is 6.46. The van der Waals surface area contributed by atoms with E-state index in [4.69, 9.17) is 0 Å². The van der Waals surface area contributed by atoms with E-state index in [-0.39, 0.29) is 5.56 Å². The van der Waals surface area contributed by atoms with Crippen molar-refractivity contribution in [3.05, 3.63) is 54.1 Å². The van der Waals surface area contributed by atoms with Crippen molar-refractivity contribution in [3.8, 4) is 11.4 Å². The Morgan fingerprint density at radius 2 is 2.00 bits per heavy atom. The first-order valence-corrected chi connectivity index (χ1v) is 7.45. The summed E-state index contributed by atoms with van der Waals surface area (Å²) in [7, 11) is 0. The average Bonchev–Trinajstić information content (AvgIpc) is 3.12. The van der Waals surface area contributed by atoms with Gasteiger partial charge in [0.1, 0.15) is 5.82 Å². The highest BCUT2D eigenvalue weighted by atomic mass is 19.4. The zero-order chi connectivity index (χ0) is 17.2. The van der Waals surface area contributed by atoms with Gasteiger partial charge in [0.25, 0.3) is 0 Å². The number of hydrogen-bond acceptors (Lipinski definition) is 3. The molecule has 0 amide bonds. The largest absolute Gasteiger partial charge is 0.393 e. The molecule has 0 radical (unpaired) electrons. The molecule has 0 N–H and O–H groups in total. The molecular formula is C16H16F3N5. The van der Waals surface area contributed by atoms with Gasteiger partial charge in [0.15, 0.2) is 0 Å². The van der Waals surface area contributed by atoms with Crippen molar-refractivity contribution in [2.75, 3.05) is 0 Å². The molecule has 0 aliphatic heterocycles. The van der Waals surface area contributed by atoms with Crippen LogP contribution in [-0.2, 0) is 19.5 Å². The van der Waals surface area contributed by atoms with Crippen molar-refractivity contribution in [3.63, 3.8) is 0 Å². The van der Waals surface area contributed by atoms with Crippen LogP contribution >= 0.6 is 0 Å². The summed E-state index contributed by atoms with van der Waals surface area (Å²) in [6, 6.07) is 6.39. The van der Waals surface area contributed by atoms with Crippen LogP contribution in [-0.4, -0.2) is 30.7 Å². The fourth-order valence-electron chi connectivity index (χ4n) is 2.52. The zero-order valence-corrected chi connectivity index (χ0v) is 13.0. The number of imidazole rings is 1. The molecule has 2 aromatic heterocycles. The van der Waals surface area contributed by atoms with Gasteiger partial charge in [-0.3, -0.25) is 4.68 Å². The molecule has 0 aliphatic rings. The standard InChI is InChI=1S/C16H16F3N5/c1-12-11-24(22-21-12)8-7-23-6-5-20-15(23)14-4-2-3-13(9-14)10-16(17,18)19/h2-6,9,11H,7-8,10H2,1H3. The minimum atomic E-state index is -4.22. The molecule has 3 aromatic rings. The quantitative estimate of drug-likeness (QED) is 0.719. The number of hydrogen-bond donors (Lipinski definition) is 0. The molecule has 0 atom stereocenters. The number of halogens is 3. The summed E-state index contributed by atoms with van der Waals surface area (Å²) in [4.78, 5) is 4.28. The van der Waals surface area contributed by atoms with Gasteiger partial charge in [0, 0.05) is 30.7 Å². The second-order valence-electron chi connectivity index (χ2n) is 5.56. The third-order valence-corrected chi connectivity index (χ3v) is 3.53. The molecule has 0 unspecified atom stereocenters. The van der Waals surface area contributed by atoms with Crippen molar-refractivity contribution in [2.24, 2.45) is 0 Å². The lowest BCUT2D eigenvalue weighted by atomic mass is 10.1. The molecule has 126 valence electrons. The Balaban J connectivity index is 1.78. The lowest BCUT2D eigenvalue weighted by molar-refractivity contribution is -0.127. The van der Waals surface area contributed by atoms with Crippen LogP contribution < -0.4 is 0 Å². The molecule has 0 saturated heterocycles. The fraction of sp³-hybridized carbons (Fsp3) is 0.312. The highest BCUT2D eigenvalue weighted by molar-refractivity contribution is 5.56. The molecule has 3 rings (SSSR count). The molecule has 8 heteroatoms. The summed E-state index contributed by atoms with van der Waals surface area (Å²) in [5.41, 5.74) is 1.72. The molecule has 0 bridgehead atoms. The van der Waals surface area contributed by atoms with Gasteiger partial charge in [-0.1, -0.05) is 23.4 Å². The van der Waals surface area contributed by atoms with Crippen LogP contribution in [0.1, 0.15) is 11.3 Å². The molecule has 2 heterocycles. The number of aryl methyl sites for hydroxylation is 3. The van der Waals surface area contributed by atoms with Gasteiger partial charge in [-0.15, -0.1) is 5.10 Å². The third-order valence-electron chi connectivity index (χ3n) is 3.53. The summed E-state index contributed by atoms with van der Waals surface area (Å²) < 4.78 is 41.3. The number of benzene rings is 1. The van der Waals surface area contributed by atoms with Gasteiger partial charge in [0.05, 0.1) is 18.7 Å². The summed E-state index contributed by atoms with van der Waals surface area (Å²) >= 11 is 0. The molecule has 1 aromatic carbocycles. The van der Waals surface area contributed by atoms with Crippen LogP contribution in [0.25, 0.3) is 11.4 Å². The maximum atomic E-state index is 12.6. The van der Waals surface area contributed by atoms with E-state index in [0.29, 0.717) is 24.5 Å². The molecule has 24 heavy (non-hydrogen) atoms. The minimum absolute atomic E-state index is 0.224. The van der Waals surface area contributed by atoms with Crippen LogP contribution in [0.5, 0.6) is 0 Å². The normalized spacial score (nSPS) is 11.8. The average molecular weight is 335 g/mol. The Hall–Kier alpha value is -2.64. The second-order valence-corrected chi connectivity index (χ2v) is 5.56. The smallest absolute Gasteiger partial charge is 0.329 e. The van der Waals surface area contributed by atoms with Crippen molar-refractivity contribution in [1.29, 1.82) is 0 Å². The first kappa shape index (κ1) is 16.2. The van der Waals surface area contributed by atoms with Crippen molar-refractivity contribution in [2.45, 2.75) is 32.6 Å². The molecule has 5 nitrogen and oxygen atoms in total. The van der Waals surface area contributed by atoms with Crippen molar-refractivity contribution >= 4 is 0 Å². The van der Waals surface area contributed by atoms with E-state index in [1.165, 1.54) is 12.1 Å². The lowest BCUT2D eigenvalue weighted by Crippen LogP contribution is -2.11. The van der Waals surface area contributed by atoms with Gasteiger partial charge in [-0.05, 0) is 18.6 Å². The summed E-state index contributed by atoms with van der Waals surface area (Å²) in [6.07, 6.45) is 0.104. The molecule has 0 fully saturated rings. The third kappa shape index (κ3) is 4.01. The highest BCUT2D eigenvalue weighted by Gasteiger charge is 2.27. The predicted octanol–water partition coefficient (Wildman–Crippen LogP) is 3.26. The monoisotopic (exact) mass is 335 g/mol. The molecule has 0 aliphatic carbocycles. The van der Waals surface area contributed by atoms with Crippen LogP contribution in [0.2, 0.25) is 0 Å². The van der Waals surface area contributed by atoms with E-state index in [1.54, 1.807) is 29.2 Å². The number of aromatic nitrogens is 5. The predicted molar refractivity (Wildman–Crippen MR) is 82.2 cm³/mol. The Bertz CT molecular complexity index is 819. The fourth-order valence-corrected chi connectivity index (χ4v) is 2.52. The number of alkyl halides is 3. The van der Waals surface area contributed by atoms with Crippen LogP contribution in [0.3, 0.4) is 0 Å². The lowest BCUT2D eigenvalue weighted by Gasteiger charge is -2.10. The van der Waals surface area contributed by atoms with E-state index >= 15 is 0 Å². The van der Waals surface area contributed by atoms with Gasteiger partial charge in [-0.25, -0.2) is 4.98 Å². The van der Waals surface area contributed by atoms with Gasteiger partial charge >= 0.3 is 6.18 Å². The van der Waals surface area contributed by atoms with E-state index in [2.05, 4.69) is 15.3 Å². The number of nitrogens with zero attached hydrogens (tertiary/aromatic N) is 5. The van der Waals surface area contributed by atoms with E-state index in [1.807, 2.05) is 17.7 Å². The molecule has 0 spiro atoms. The van der Waals surface area contributed by atoms with E-state index in [0.717, 1.165) is 5.69 Å². The van der Waals surface area contributed by atoms with Crippen LogP contribution in [0.4, 0.5) is 13.2 Å². The van der Waals surface area contributed by atoms with E-state index < -0.39 is 12.6 Å². The summed E-state index contributed by atoms with van der Waals surface area (Å²) in [6.45, 7) is 3.06. The Morgan fingerprint density at radius 1 is 1.17 bits per heavy atom. The van der Waals surface area contributed by atoms with Crippen molar-refractivity contribution < 1.29 is 13.2 Å². The molecule has 0 saturated carbocycles. The first-order chi connectivity index (χ1) is 11.4. The minimum Gasteiger partial charge on any atom is -0.329 e. The summed E-state index contributed by atoms with van der Waals surface area (Å²) in [5.74, 6) is 0.635. The van der Waals surface area contributed by atoms with Gasteiger partial charge in [-0.2, -0.15) is 13.2 Å². The Labute approximate surface area is 136 Å². The summed E-state index contributed by atoms with van der Waals surface area (Å²) in [5, 5.41) is 7.90. The van der Waals surface area contributed by atoms with Crippen LogP contribution in [0, 0.1) is 6.92 Å².